The van der Waals surface area contributed by atoms with Crippen LogP contribution in [0.1, 0.15) is 23.1 Å². The zero-order valence-electron chi connectivity index (χ0n) is 16.8. The maximum atomic E-state index is 6.23. The third kappa shape index (κ3) is 5.27. The molecule has 31 heavy (non-hydrogen) atoms. The van der Waals surface area contributed by atoms with E-state index in [0.29, 0.717) is 33.0 Å². The van der Waals surface area contributed by atoms with E-state index in [2.05, 4.69) is 5.16 Å². The normalized spacial score (nSPS) is 15.4. The van der Waals surface area contributed by atoms with Gasteiger partial charge in [0.1, 0.15) is 12.7 Å². The van der Waals surface area contributed by atoms with E-state index in [9.17, 15) is 0 Å². The number of ether oxygens (including phenoxy) is 2. The Bertz CT molecular complexity index is 1080. The summed E-state index contributed by atoms with van der Waals surface area (Å²) in [6.07, 6.45) is 1.39. The Kier molecular flexibility index (Phi) is 6.91. The van der Waals surface area contributed by atoms with Gasteiger partial charge in [-0.3, -0.25) is 0 Å². The van der Waals surface area contributed by atoms with Gasteiger partial charge in [-0.1, -0.05) is 64.2 Å². The number of methoxy groups -OCH3 is 1. The maximum absolute atomic E-state index is 6.23. The first kappa shape index (κ1) is 21.8. The Morgan fingerprint density at radius 1 is 0.968 bits per heavy atom. The van der Waals surface area contributed by atoms with Gasteiger partial charge < -0.3 is 14.3 Å². The number of rotatable bonds is 7. The summed E-state index contributed by atoms with van der Waals surface area (Å²) in [5.74, 6) is 1.25. The second-order valence-electron chi connectivity index (χ2n) is 7.15. The summed E-state index contributed by atoms with van der Waals surface area (Å²) < 4.78 is 11.5. The Morgan fingerprint density at radius 2 is 1.71 bits per heavy atom. The molecule has 0 spiro atoms. The van der Waals surface area contributed by atoms with Gasteiger partial charge in [0.05, 0.1) is 12.8 Å². The lowest BCUT2D eigenvalue weighted by Crippen LogP contribution is -2.12. The monoisotopic (exact) mass is 475 g/mol. The molecule has 1 unspecified atom stereocenters. The lowest BCUT2D eigenvalue weighted by molar-refractivity contribution is 0.0858. The molecule has 0 saturated carbocycles. The summed E-state index contributed by atoms with van der Waals surface area (Å²) in [6, 6.07) is 18.8. The highest BCUT2D eigenvalue weighted by molar-refractivity contribution is 6.36. The molecule has 160 valence electrons. The number of halogens is 3. The van der Waals surface area contributed by atoms with Crippen LogP contribution in [0, 0.1) is 0 Å². The van der Waals surface area contributed by atoms with E-state index in [1.807, 2.05) is 42.5 Å². The van der Waals surface area contributed by atoms with Gasteiger partial charge >= 0.3 is 0 Å². The van der Waals surface area contributed by atoms with Crippen LogP contribution in [0.25, 0.3) is 0 Å². The predicted molar refractivity (Wildman–Crippen MR) is 125 cm³/mol. The molecule has 3 aromatic rings. The summed E-state index contributed by atoms with van der Waals surface area (Å²) in [5, 5.41) is 6.08. The molecule has 0 aliphatic carbocycles. The third-order valence-electron chi connectivity index (χ3n) is 5.04. The van der Waals surface area contributed by atoms with Crippen molar-refractivity contribution in [2.24, 2.45) is 5.16 Å². The van der Waals surface area contributed by atoms with E-state index >= 15 is 0 Å². The van der Waals surface area contributed by atoms with E-state index in [0.717, 1.165) is 28.8 Å². The van der Waals surface area contributed by atoms with Crippen LogP contribution >= 0.6 is 34.8 Å². The number of benzene rings is 3. The minimum absolute atomic E-state index is 0.0379. The maximum Gasteiger partial charge on any atom is 0.161 e. The molecule has 1 aliphatic heterocycles. The van der Waals surface area contributed by atoms with E-state index in [1.165, 1.54) is 0 Å². The van der Waals surface area contributed by atoms with Crippen molar-refractivity contribution in [3.8, 4) is 11.5 Å². The van der Waals surface area contributed by atoms with Crippen molar-refractivity contribution in [3.05, 3.63) is 92.4 Å². The average molecular weight is 477 g/mol. The fraction of sp³-hybridized carbons (Fsp3) is 0.208. The second-order valence-corrected chi connectivity index (χ2v) is 8.41. The quantitative estimate of drug-likeness (QED) is 0.370. The zero-order chi connectivity index (χ0) is 21.8. The van der Waals surface area contributed by atoms with Crippen molar-refractivity contribution in [2.45, 2.75) is 25.6 Å². The van der Waals surface area contributed by atoms with Crippen LogP contribution in [-0.2, 0) is 17.9 Å². The van der Waals surface area contributed by atoms with Crippen LogP contribution in [0.3, 0.4) is 0 Å². The summed E-state index contributed by atoms with van der Waals surface area (Å²) in [7, 11) is 1.61. The van der Waals surface area contributed by atoms with Gasteiger partial charge in [-0.2, -0.15) is 0 Å². The van der Waals surface area contributed by atoms with Crippen molar-refractivity contribution >= 4 is 40.5 Å². The highest BCUT2D eigenvalue weighted by Crippen LogP contribution is 2.32. The van der Waals surface area contributed by atoms with Crippen molar-refractivity contribution in [2.75, 3.05) is 7.11 Å². The summed E-state index contributed by atoms with van der Waals surface area (Å²) >= 11 is 18.4. The van der Waals surface area contributed by atoms with E-state index in [-0.39, 0.29) is 12.7 Å². The van der Waals surface area contributed by atoms with Crippen molar-refractivity contribution in [1.82, 2.24) is 0 Å². The Labute approximate surface area is 196 Å². The molecule has 4 rings (SSSR count). The van der Waals surface area contributed by atoms with Crippen molar-refractivity contribution in [3.63, 3.8) is 0 Å². The summed E-state index contributed by atoms with van der Waals surface area (Å²) in [6.45, 7) is 0.248. The van der Waals surface area contributed by atoms with Crippen LogP contribution in [-0.4, -0.2) is 18.9 Å². The van der Waals surface area contributed by atoms with Crippen LogP contribution in [0.4, 0.5) is 0 Å². The van der Waals surface area contributed by atoms with Crippen LogP contribution < -0.4 is 9.47 Å². The second kappa shape index (κ2) is 9.82. The molecule has 3 aromatic carbocycles. The zero-order valence-corrected chi connectivity index (χ0v) is 19.0. The lowest BCUT2D eigenvalue weighted by Gasteiger charge is -2.14. The Hall–Kier alpha value is -2.40. The smallest absolute Gasteiger partial charge is 0.161 e. The molecule has 0 N–H and O–H groups in total. The standard InChI is InChI=1S/C24H20Cl3NO3/c1-29-24-12-15(5-10-23(24)30-14-19-20(26)3-2-4-21(19)27)11-18-13-22(28-31-18)16-6-8-17(25)9-7-16/h2-10,12,18H,11,13-14H2,1H3. The molecule has 7 heteroatoms. The van der Waals surface area contributed by atoms with Gasteiger partial charge in [-0.05, 0) is 47.5 Å². The van der Waals surface area contributed by atoms with E-state index in [1.54, 1.807) is 25.3 Å². The number of oxime groups is 1. The highest BCUT2D eigenvalue weighted by Gasteiger charge is 2.23. The first-order valence-electron chi connectivity index (χ1n) is 9.74. The molecular formula is C24H20Cl3NO3. The van der Waals surface area contributed by atoms with Gasteiger partial charge in [0.15, 0.2) is 11.5 Å². The fourth-order valence-corrected chi connectivity index (χ4v) is 4.02. The van der Waals surface area contributed by atoms with Crippen LogP contribution in [0.2, 0.25) is 15.1 Å². The van der Waals surface area contributed by atoms with Gasteiger partial charge in [0, 0.05) is 33.5 Å². The van der Waals surface area contributed by atoms with Gasteiger partial charge in [0.2, 0.25) is 0 Å². The number of nitrogens with zero attached hydrogens (tertiary/aromatic N) is 1. The number of hydrogen-bond acceptors (Lipinski definition) is 4. The molecule has 0 amide bonds. The topological polar surface area (TPSA) is 40.0 Å². The summed E-state index contributed by atoms with van der Waals surface area (Å²) in [5.41, 5.74) is 3.75. The molecule has 0 radical (unpaired) electrons. The lowest BCUT2D eigenvalue weighted by atomic mass is 10.00. The molecular weight excluding hydrogens is 457 g/mol. The molecule has 1 heterocycles. The van der Waals surface area contributed by atoms with E-state index in [4.69, 9.17) is 49.1 Å². The average Bonchev–Trinajstić information content (AvgIpc) is 3.23. The molecule has 0 aromatic heterocycles. The first-order valence-corrected chi connectivity index (χ1v) is 10.9. The first-order chi connectivity index (χ1) is 15.0. The van der Waals surface area contributed by atoms with Crippen LogP contribution in [0.5, 0.6) is 11.5 Å². The van der Waals surface area contributed by atoms with Crippen molar-refractivity contribution in [1.29, 1.82) is 0 Å². The highest BCUT2D eigenvalue weighted by atomic mass is 35.5. The predicted octanol–water partition coefficient (Wildman–Crippen LogP) is 6.97. The van der Waals surface area contributed by atoms with Gasteiger partial charge in [-0.25, -0.2) is 0 Å². The molecule has 0 fully saturated rings. The van der Waals surface area contributed by atoms with Gasteiger partial charge in [-0.15, -0.1) is 0 Å². The van der Waals surface area contributed by atoms with Crippen LogP contribution in [0.15, 0.2) is 65.8 Å². The third-order valence-corrected chi connectivity index (χ3v) is 6.00. The molecule has 1 atom stereocenters. The van der Waals surface area contributed by atoms with Gasteiger partial charge in [0.25, 0.3) is 0 Å². The Morgan fingerprint density at radius 3 is 2.42 bits per heavy atom. The fourth-order valence-electron chi connectivity index (χ4n) is 3.39. The minimum Gasteiger partial charge on any atom is -0.493 e. The SMILES string of the molecule is COc1cc(CC2CC(c3ccc(Cl)cc3)=NO2)ccc1OCc1c(Cl)cccc1Cl. The largest absolute Gasteiger partial charge is 0.493 e. The minimum atomic E-state index is -0.0379. The van der Waals surface area contributed by atoms with Crippen molar-refractivity contribution < 1.29 is 14.3 Å². The Balaban J connectivity index is 1.40. The molecule has 4 nitrogen and oxygen atoms in total. The summed E-state index contributed by atoms with van der Waals surface area (Å²) in [4.78, 5) is 5.64. The molecule has 1 aliphatic rings. The van der Waals surface area contributed by atoms with E-state index < -0.39 is 0 Å². The molecule has 0 bridgehead atoms. The molecule has 0 saturated heterocycles. The number of hydrogen-bond donors (Lipinski definition) is 0.